The second-order valence-electron chi connectivity index (χ2n) is 3.70. The zero-order valence-corrected chi connectivity index (χ0v) is 8.59. The Bertz CT molecular complexity index is 381. The van der Waals surface area contributed by atoms with Crippen molar-refractivity contribution in [1.82, 2.24) is 25.5 Å². The van der Waals surface area contributed by atoms with Crippen LogP contribution in [0.2, 0.25) is 0 Å². The third-order valence-corrected chi connectivity index (χ3v) is 2.72. The molecule has 86 valence electrons. The Balaban J connectivity index is 1.94. The van der Waals surface area contributed by atoms with Gasteiger partial charge in [-0.2, -0.15) is 5.21 Å². The van der Waals surface area contributed by atoms with Gasteiger partial charge in [-0.05, 0) is 18.1 Å². The summed E-state index contributed by atoms with van der Waals surface area (Å²) in [6.07, 6.45) is 1.19. The van der Waals surface area contributed by atoms with Gasteiger partial charge in [0.05, 0.1) is 0 Å². The Labute approximate surface area is 91.2 Å². The lowest BCUT2D eigenvalue weighted by Crippen LogP contribution is -2.42. The molecule has 8 heteroatoms. The number of primary amides is 1. The molecule has 1 aromatic rings. The number of amides is 2. The minimum Gasteiger partial charge on any atom is -0.369 e. The molecule has 3 N–H and O–H groups in total. The van der Waals surface area contributed by atoms with Gasteiger partial charge in [0, 0.05) is 19.0 Å². The van der Waals surface area contributed by atoms with Crippen LogP contribution in [0.4, 0.5) is 0 Å². The number of nitrogens with one attached hydrogen (secondary N) is 1. The Morgan fingerprint density at radius 1 is 1.38 bits per heavy atom. The highest BCUT2D eigenvalue weighted by molar-refractivity contribution is 5.90. The summed E-state index contributed by atoms with van der Waals surface area (Å²) in [5.74, 6) is -0.643. The fourth-order valence-corrected chi connectivity index (χ4v) is 1.76. The number of tetrazole rings is 1. The van der Waals surface area contributed by atoms with Crippen molar-refractivity contribution < 1.29 is 9.59 Å². The maximum atomic E-state index is 11.8. The first-order chi connectivity index (χ1) is 7.68. The van der Waals surface area contributed by atoms with Crippen molar-refractivity contribution in [1.29, 1.82) is 0 Å². The van der Waals surface area contributed by atoms with Gasteiger partial charge in [0.25, 0.3) is 11.7 Å². The fraction of sp³-hybridized carbons (Fsp3) is 0.625. The predicted octanol–water partition coefficient (Wildman–Crippen LogP) is -1.46. The number of carbonyl (C=O) groups excluding carboxylic acids is 2. The van der Waals surface area contributed by atoms with Gasteiger partial charge in [-0.25, -0.2) is 0 Å². The molecule has 2 amide bonds. The van der Waals surface area contributed by atoms with Crippen LogP contribution in [-0.4, -0.2) is 50.4 Å². The number of aromatic amines is 1. The van der Waals surface area contributed by atoms with Crippen LogP contribution in [0.25, 0.3) is 0 Å². The molecule has 0 aromatic carbocycles. The minimum atomic E-state index is -0.299. The summed E-state index contributed by atoms with van der Waals surface area (Å²) in [4.78, 5) is 24.3. The van der Waals surface area contributed by atoms with Crippen LogP contribution in [0.1, 0.15) is 23.5 Å². The van der Waals surface area contributed by atoms with E-state index in [0.29, 0.717) is 25.9 Å². The van der Waals surface area contributed by atoms with Crippen molar-refractivity contribution >= 4 is 11.8 Å². The van der Waals surface area contributed by atoms with Crippen LogP contribution in [0.15, 0.2) is 0 Å². The van der Waals surface area contributed by atoms with E-state index in [0.717, 1.165) is 0 Å². The second kappa shape index (κ2) is 4.25. The second-order valence-corrected chi connectivity index (χ2v) is 3.70. The Hall–Kier alpha value is -1.99. The van der Waals surface area contributed by atoms with Gasteiger partial charge in [-0.15, -0.1) is 10.2 Å². The van der Waals surface area contributed by atoms with Gasteiger partial charge < -0.3 is 10.6 Å². The van der Waals surface area contributed by atoms with Gasteiger partial charge in [0.1, 0.15) is 0 Å². The number of hydrogen-bond donors (Lipinski definition) is 2. The Morgan fingerprint density at radius 2 is 2.06 bits per heavy atom. The molecule has 1 aliphatic rings. The highest BCUT2D eigenvalue weighted by Crippen LogP contribution is 2.17. The van der Waals surface area contributed by atoms with Crippen LogP contribution in [0, 0.1) is 5.92 Å². The van der Waals surface area contributed by atoms with E-state index in [1.165, 1.54) is 0 Å². The smallest absolute Gasteiger partial charge is 0.295 e. The van der Waals surface area contributed by atoms with Gasteiger partial charge >= 0.3 is 0 Å². The maximum Gasteiger partial charge on any atom is 0.295 e. The quantitative estimate of drug-likeness (QED) is 0.636. The lowest BCUT2D eigenvalue weighted by molar-refractivity contribution is -0.123. The summed E-state index contributed by atoms with van der Waals surface area (Å²) < 4.78 is 0. The average molecular weight is 224 g/mol. The maximum absolute atomic E-state index is 11.8. The molecule has 0 saturated carbocycles. The largest absolute Gasteiger partial charge is 0.369 e. The Morgan fingerprint density at radius 3 is 2.56 bits per heavy atom. The van der Waals surface area contributed by atoms with Crippen LogP contribution >= 0.6 is 0 Å². The van der Waals surface area contributed by atoms with E-state index in [-0.39, 0.29) is 23.6 Å². The molecule has 0 bridgehead atoms. The number of H-pyrrole nitrogens is 1. The van der Waals surface area contributed by atoms with Crippen molar-refractivity contribution in [2.75, 3.05) is 13.1 Å². The molecular formula is C8H12N6O2. The number of carbonyl (C=O) groups is 2. The topological polar surface area (TPSA) is 118 Å². The zero-order chi connectivity index (χ0) is 11.5. The van der Waals surface area contributed by atoms with E-state index in [1.54, 1.807) is 4.90 Å². The highest BCUT2D eigenvalue weighted by atomic mass is 16.2. The van der Waals surface area contributed by atoms with Crippen LogP contribution < -0.4 is 5.73 Å². The van der Waals surface area contributed by atoms with Gasteiger partial charge in [-0.3, -0.25) is 9.59 Å². The number of piperidine rings is 1. The van der Waals surface area contributed by atoms with E-state index >= 15 is 0 Å². The average Bonchev–Trinajstić information content (AvgIpc) is 2.81. The third-order valence-electron chi connectivity index (χ3n) is 2.72. The number of hydrogen-bond acceptors (Lipinski definition) is 5. The highest BCUT2D eigenvalue weighted by Gasteiger charge is 2.27. The molecule has 2 heterocycles. The number of rotatable bonds is 2. The number of aromatic nitrogens is 4. The van der Waals surface area contributed by atoms with E-state index in [9.17, 15) is 9.59 Å². The number of likely N-dealkylation sites (tertiary alicyclic amines) is 1. The van der Waals surface area contributed by atoms with Crippen molar-refractivity contribution in [3.8, 4) is 0 Å². The van der Waals surface area contributed by atoms with E-state index in [1.807, 2.05) is 0 Å². The number of nitrogens with two attached hydrogens (primary N) is 1. The number of nitrogens with zero attached hydrogens (tertiary/aromatic N) is 4. The zero-order valence-electron chi connectivity index (χ0n) is 8.59. The molecule has 16 heavy (non-hydrogen) atoms. The van der Waals surface area contributed by atoms with Gasteiger partial charge in [-0.1, -0.05) is 0 Å². The van der Waals surface area contributed by atoms with Gasteiger partial charge in [0.15, 0.2) is 0 Å². The minimum absolute atomic E-state index is 0.0533. The summed E-state index contributed by atoms with van der Waals surface area (Å²) >= 11 is 0. The van der Waals surface area contributed by atoms with Crippen LogP contribution in [-0.2, 0) is 4.79 Å². The van der Waals surface area contributed by atoms with Crippen LogP contribution in [0.3, 0.4) is 0 Å². The lowest BCUT2D eigenvalue weighted by Gasteiger charge is -2.29. The molecular weight excluding hydrogens is 212 g/mol. The standard InChI is InChI=1S/C8H12N6O2/c9-6(15)5-1-3-14(4-2-5)8(16)7-10-12-13-11-7/h5H,1-4H2,(H2,9,15)(H,10,11,12,13). The third kappa shape index (κ3) is 2.00. The SMILES string of the molecule is NC(=O)C1CCN(C(=O)c2nn[nH]n2)CC1. The van der Waals surface area contributed by atoms with Crippen molar-refractivity contribution in [2.45, 2.75) is 12.8 Å². The molecule has 2 rings (SSSR count). The lowest BCUT2D eigenvalue weighted by atomic mass is 9.96. The summed E-state index contributed by atoms with van der Waals surface area (Å²) in [5, 5.41) is 12.8. The first kappa shape index (κ1) is 10.5. The predicted molar refractivity (Wildman–Crippen MR) is 52.0 cm³/mol. The summed E-state index contributed by atoms with van der Waals surface area (Å²) in [6.45, 7) is 1.00. The van der Waals surface area contributed by atoms with Crippen molar-refractivity contribution in [3.63, 3.8) is 0 Å². The van der Waals surface area contributed by atoms with E-state index < -0.39 is 0 Å². The summed E-state index contributed by atoms with van der Waals surface area (Å²) in [6, 6.07) is 0. The summed E-state index contributed by atoms with van der Waals surface area (Å²) in [5.41, 5.74) is 5.20. The van der Waals surface area contributed by atoms with Crippen LogP contribution in [0.5, 0.6) is 0 Å². The molecule has 0 radical (unpaired) electrons. The molecule has 1 fully saturated rings. The fourth-order valence-electron chi connectivity index (χ4n) is 1.76. The monoisotopic (exact) mass is 224 g/mol. The molecule has 0 unspecified atom stereocenters. The molecule has 1 aromatic heterocycles. The molecule has 1 saturated heterocycles. The molecule has 8 nitrogen and oxygen atoms in total. The molecule has 1 aliphatic heterocycles. The molecule has 0 atom stereocenters. The van der Waals surface area contributed by atoms with Crippen molar-refractivity contribution in [2.24, 2.45) is 11.7 Å². The molecule has 0 aliphatic carbocycles. The first-order valence-corrected chi connectivity index (χ1v) is 5.00. The van der Waals surface area contributed by atoms with Gasteiger partial charge in [0.2, 0.25) is 5.91 Å². The first-order valence-electron chi connectivity index (χ1n) is 5.00. The van der Waals surface area contributed by atoms with Crippen molar-refractivity contribution in [3.05, 3.63) is 5.82 Å². The van der Waals surface area contributed by atoms with E-state index in [4.69, 9.17) is 5.73 Å². The Kier molecular flexibility index (Phi) is 2.80. The summed E-state index contributed by atoms with van der Waals surface area (Å²) in [7, 11) is 0. The molecule has 0 spiro atoms. The van der Waals surface area contributed by atoms with E-state index in [2.05, 4.69) is 20.6 Å². The normalized spacial score (nSPS) is 17.4.